The van der Waals surface area contributed by atoms with Gasteiger partial charge in [-0.05, 0) is 25.0 Å². The molecule has 0 unspecified atom stereocenters. The Bertz CT molecular complexity index is 1600. The highest BCUT2D eigenvalue weighted by molar-refractivity contribution is 7.12. The van der Waals surface area contributed by atoms with Crippen LogP contribution >= 0.6 is 11.3 Å². The molecule has 1 saturated carbocycles. The number of thiophene rings is 1. The zero-order valence-corrected chi connectivity index (χ0v) is 17.6. The molecule has 1 aliphatic carbocycles. The van der Waals surface area contributed by atoms with Crippen molar-refractivity contribution in [2.45, 2.75) is 25.0 Å². The first-order chi connectivity index (χ1) is 15.8. The number of aliphatic hydroxyl groups is 3. The average Bonchev–Trinajstić information content (AvgIpc) is 3.14. The van der Waals surface area contributed by atoms with Crippen molar-refractivity contribution >= 4 is 41.0 Å². The summed E-state index contributed by atoms with van der Waals surface area (Å²) in [4.78, 5) is 35.9. The van der Waals surface area contributed by atoms with E-state index >= 15 is 0 Å². The van der Waals surface area contributed by atoms with Gasteiger partial charge in [0.05, 0.1) is 23.0 Å². The Hall–Kier alpha value is -3.78. The summed E-state index contributed by atoms with van der Waals surface area (Å²) in [7, 11) is 0. The van der Waals surface area contributed by atoms with Crippen molar-refractivity contribution in [3.8, 4) is 11.3 Å². The molecule has 1 aliphatic heterocycles. The van der Waals surface area contributed by atoms with Crippen LogP contribution in [0.1, 0.15) is 28.1 Å². The van der Waals surface area contributed by atoms with Gasteiger partial charge >= 0.3 is 6.10 Å². The summed E-state index contributed by atoms with van der Waals surface area (Å²) in [6, 6.07) is 3.71. The number of hydrogen-bond acceptors (Lipinski definition) is 9. The molecule has 6 bridgehead atoms. The molecule has 6 rings (SSSR count). The predicted octanol–water partition coefficient (Wildman–Crippen LogP) is -1.34. The van der Waals surface area contributed by atoms with Crippen molar-refractivity contribution in [2.75, 3.05) is 5.32 Å². The maximum Gasteiger partial charge on any atom is 0.376 e. The quantitative estimate of drug-likeness (QED) is 0.201. The fourth-order valence-electron chi connectivity index (χ4n) is 3.63. The molecule has 12 nitrogen and oxygen atoms in total. The molecular weight excluding hydrogens is 450 g/mol. The van der Waals surface area contributed by atoms with Gasteiger partial charge in [-0.3, -0.25) is 9.59 Å². The first kappa shape index (κ1) is 19.9. The number of carbonyl (C=O) groups excluding carboxylic acids is 1. The molecule has 168 valence electrons. The predicted molar refractivity (Wildman–Crippen MR) is 117 cm³/mol. The second-order valence-electron chi connectivity index (χ2n) is 7.94. The van der Waals surface area contributed by atoms with Gasteiger partial charge in [0.25, 0.3) is 11.5 Å². The molecule has 33 heavy (non-hydrogen) atoms. The van der Waals surface area contributed by atoms with Gasteiger partial charge in [0.15, 0.2) is 5.65 Å². The van der Waals surface area contributed by atoms with Crippen LogP contribution in [-0.2, 0) is 0 Å². The smallest absolute Gasteiger partial charge is 0.367 e. The van der Waals surface area contributed by atoms with Gasteiger partial charge in [-0.1, -0.05) is 0 Å². The third-order valence-corrected chi connectivity index (χ3v) is 6.31. The third-order valence-electron chi connectivity index (χ3n) is 5.40. The topological polar surface area (TPSA) is 172 Å². The Labute approximate surface area is 187 Å². The van der Waals surface area contributed by atoms with E-state index in [1.54, 1.807) is 28.2 Å². The summed E-state index contributed by atoms with van der Waals surface area (Å²) in [6.07, 6.45) is 2.66. The van der Waals surface area contributed by atoms with Crippen LogP contribution in [0.4, 0.5) is 5.82 Å². The highest BCUT2D eigenvalue weighted by Crippen LogP contribution is 2.31. The van der Waals surface area contributed by atoms with Crippen LogP contribution in [0, 0.1) is 0 Å². The van der Waals surface area contributed by atoms with E-state index in [-0.39, 0.29) is 15.7 Å². The minimum atomic E-state index is -3.50. The Morgan fingerprint density at radius 1 is 1.18 bits per heavy atom. The summed E-state index contributed by atoms with van der Waals surface area (Å²) < 4.78 is 1.67. The molecule has 2 aliphatic rings. The molecule has 0 spiro atoms. The lowest BCUT2D eigenvalue weighted by atomic mass is 10.2. The number of imidazole rings is 1. The van der Waals surface area contributed by atoms with E-state index in [0.717, 1.165) is 36.2 Å². The number of anilines is 1. The molecule has 4 aromatic heterocycles. The van der Waals surface area contributed by atoms with E-state index < -0.39 is 17.6 Å². The Balaban J connectivity index is 1.67. The lowest BCUT2D eigenvalue weighted by molar-refractivity contribution is -0.363. The van der Waals surface area contributed by atoms with Crippen LogP contribution in [0.5, 0.6) is 0 Å². The maximum absolute atomic E-state index is 13.0. The fraction of sp³-hybridized carbons (Fsp3) is 0.200. The molecule has 0 aromatic carbocycles. The molecule has 6 N–H and O–H groups in total. The number of hydrogen-bond donors (Lipinski definition) is 6. The Morgan fingerprint density at radius 3 is 2.76 bits per heavy atom. The molecule has 5 heterocycles. The zero-order valence-electron chi connectivity index (χ0n) is 16.8. The van der Waals surface area contributed by atoms with Crippen LogP contribution in [0.3, 0.4) is 0 Å². The van der Waals surface area contributed by atoms with Gasteiger partial charge in [0.1, 0.15) is 16.6 Å². The van der Waals surface area contributed by atoms with Crippen molar-refractivity contribution in [2.24, 2.45) is 0 Å². The van der Waals surface area contributed by atoms with Crippen LogP contribution in [0.25, 0.3) is 29.2 Å². The molecule has 0 saturated heterocycles. The number of fused-ring (bicyclic) bond motifs is 6. The van der Waals surface area contributed by atoms with E-state index in [4.69, 9.17) is 4.98 Å². The lowest BCUT2D eigenvalue weighted by Gasteiger charge is -2.26. The number of carbonyl (C=O) groups is 1. The number of aromatic amines is 2. The van der Waals surface area contributed by atoms with Gasteiger partial charge in [-0.25, -0.2) is 9.88 Å². The Kier molecular flexibility index (Phi) is 4.13. The van der Waals surface area contributed by atoms with Crippen molar-refractivity contribution in [1.82, 2.24) is 29.5 Å². The van der Waals surface area contributed by atoms with Gasteiger partial charge in [-0.2, -0.15) is 9.61 Å². The summed E-state index contributed by atoms with van der Waals surface area (Å²) in [5.41, 5.74) is 1.74. The van der Waals surface area contributed by atoms with E-state index in [2.05, 4.69) is 20.4 Å². The van der Waals surface area contributed by atoms with Crippen molar-refractivity contribution in [3.63, 3.8) is 0 Å². The largest absolute Gasteiger partial charge is 0.376 e. The van der Waals surface area contributed by atoms with Crippen LogP contribution in [-0.4, -0.2) is 62.8 Å². The molecule has 0 atom stereocenters. The summed E-state index contributed by atoms with van der Waals surface area (Å²) in [5, 5.41) is 39.0. The van der Waals surface area contributed by atoms with Crippen LogP contribution < -0.4 is 21.7 Å². The number of nitrogens with one attached hydrogen (secondary N) is 3. The monoisotopic (exact) mass is 467 g/mol. The van der Waals surface area contributed by atoms with E-state index in [1.807, 2.05) is 6.07 Å². The van der Waals surface area contributed by atoms with Crippen LogP contribution in [0.2, 0.25) is 0 Å². The minimum absolute atomic E-state index is 0.0313. The maximum atomic E-state index is 13.0. The van der Waals surface area contributed by atoms with Gasteiger partial charge in [0.2, 0.25) is 0 Å². The number of amides is 1. The van der Waals surface area contributed by atoms with Crippen LogP contribution in [0.15, 0.2) is 28.5 Å². The van der Waals surface area contributed by atoms with E-state index in [9.17, 15) is 24.9 Å². The Morgan fingerprint density at radius 2 is 2.00 bits per heavy atom. The summed E-state index contributed by atoms with van der Waals surface area (Å²) in [6.45, 7) is 0. The highest BCUT2D eigenvalue weighted by Gasteiger charge is 2.34. The molecule has 4 aromatic rings. The standard InChI is InChI=1S/C20H17N7O5S/c28-18-13-3-9-6-21-27-16(22-11-1-2-11)5-12(24-17(9)27)10-4-14(33-8-10)19(29)26(20(30,31)32)7-15(23-13)25-18/h3-8,11,22-23,30-32H,1-2H2,(H,25,28). The SMILES string of the molecule is O=C1c2cc(cs2)-c2cc(NC3CC3)n3ncc(c3n2)C=c2[nH]c([nH]c2=O)=CN1C(O)(O)O. The van der Waals surface area contributed by atoms with Gasteiger partial charge < -0.3 is 30.6 Å². The normalized spacial score (nSPS) is 16.0. The van der Waals surface area contributed by atoms with Gasteiger partial charge in [0, 0.05) is 28.6 Å². The van der Waals surface area contributed by atoms with Gasteiger partial charge in [-0.15, -0.1) is 11.3 Å². The number of H-pyrrole nitrogens is 2. The number of aromatic nitrogens is 5. The first-order valence-corrected chi connectivity index (χ1v) is 10.9. The summed E-state index contributed by atoms with van der Waals surface area (Å²) >= 11 is 1.05. The second-order valence-corrected chi connectivity index (χ2v) is 8.85. The van der Waals surface area contributed by atoms with Crippen molar-refractivity contribution < 1.29 is 20.1 Å². The molecule has 1 amide bonds. The number of nitrogens with zero attached hydrogens (tertiary/aromatic N) is 4. The lowest BCUT2D eigenvalue weighted by Crippen LogP contribution is -2.49. The molecule has 13 heteroatoms. The van der Waals surface area contributed by atoms with E-state index in [1.165, 1.54) is 0 Å². The molecule has 1 fully saturated rings. The minimum Gasteiger partial charge on any atom is -0.367 e. The molecule has 0 radical (unpaired) electrons. The molecular formula is C20H17N7O5S. The van der Waals surface area contributed by atoms with Crippen molar-refractivity contribution in [1.29, 1.82) is 0 Å². The highest BCUT2D eigenvalue weighted by atomic mass is 32.1. The summed E-state index contributed by atoms with van der Waals surface area (Å²) in [5.74, 6) is -0.168. The first-order valence-electron chi connectivity index (χ1n) is 10.0. The number of rotatable bonds is 3. The second kappa shape index (κ2) is 6.86. The van der Waals surface area contributed by atoms with E-state index in [0.29, 0.717) is 33.4 Å². The average molecular weight is 467 g/mol. The fourth-order valence-corrected chi connectivity index (χ4v) is 4.46. The third kappa shape index (κ3) is 3.43. The zero-order chi connectivity index (χ0) is 22.9. The van der Waals surface area contributed by atoms with Crippen molar-refractivity contribution in [3.05, 3.63) is 55.3 Å².